The lowest BCUT2D eigenvalue weighted by Gasteiger charge is -2.10. The van der Waals surface area contributed by atoms with E-state index in [4.69, 9.17) is 5.73 Å². The van der Waals surface area contributed by atoms with E-state index in [1.165, 1.54) is 7.98 Å². The molecule has 0 aliphatic rings. The minimum atomic E-state index is -4.48. The highest BCUT2D eigenvalue weighted by Gasteiger charge is 2.31. The van der Waals surface area contributed by atoms with Crippen molar-refractivity contribution in [3.63, 3.8) is 0 Å². The summed E-state index contributed by atoms with van der Waals surface area (Å²) in [6.07, 6.45) is -4.48. The molecule has 1 aromatic rings. The third-order valence-corrected chi connectivity index (χ3v) is 1.85. The predicted octanol–water partition coefficient (Wildman–Crippen LogP) is 0.565. The van der Waals surface area contributed by atoms with Crippen molar-refractivity contribution in [1.82, 2.24) is 5.23 Å². The van der Waals surface area contributed by atoms with E-state index in [0.717, 1.165) is 18.2 Å². The van der Waals surface area contributed by atoms with Crippen molar-refractivity contribution in [2.45, 2.75) is 6.18 Å². The van der Waals surface area contributed by atoms with E-state index in [2.05, 4.69) is 5.23 Å². The number of anilines is 1. The SMILES string of the molecule is BNC(=O)c1cc(C(F)(F)F)ccc1N. The number of halogens is 3. The first-order chi connectivity index (χ1) is 6.86. The van der Waals surface area contributed by atoms with Crippen LogP contribution in [0.3, 0.4) is 0 Å². The monoisotopic (exact) mass is 216 g/mol. The van der Waals surface area contributed by atoms with E-state index in [-0.39, 0.29) is 11.3 Å². The molecule has 0 atom stereocenters. The van der Waals surface area contributed by atoms with Gasteiger partial charge in [0.15, 0.2) is 0 Å². The molecule has 0 unspecified atom stereocenters. The average molecular weight is 216 g/mol. The lowest BCUT2D eigenvalue weighted by molar-refractivity contribution is -0.137. The fourth-order valence-electron chi connectivity index (χ4n) is 1.06. The van der Waals surface area contributed by atoms with Crippen molar-refractivity contribution in [1.29, 1.82) is 0 Å². The Hall–Kier alpha value is -1.66. The number of benzene rings is 1. The first kappa shape index (κ1) is 11.4. The van der Waals surface area contributed by atoms with Gasteiger partial charge < -0.3 is 11.0 Å². The highest BCUT2D eigenvalue weighted by Crippen LogP contribution is 2.31. The lowest BCUT2D eigenvalue weighted by Crippen LogP contribution is -2.21. The van der Waals surface area contributed by atoms with Crippen LogP contribution in [0.5, 0.6) is 0 Å². The van der Waals surface area contributed by atoms with Gasteiger partial charge in [-0.25, -0.2) is 0 Å². The number of nitrogen functional groups attached to an aromatic ring is 1. The summed E-state index contributed by atoms with van der Waals surface area (Å²) in [6.45, 7) is 0. The number of carbonyl (C=O) groups excluding carboxylic acids is 1. The molecule has 1 rings (SSSR count). The van der Waals surface area contributed by atoms with Gasteiger partial charge in [-0.2, -0.15) is 13.2 Å². The normalized spacial score (nSPS) is 11.1. The Balaban J connectivity index is 3.23. The van der Waals surface area contributed by atoms with Gasteiger partial charge in [-0.05, 0) is 18.2 Å². The molecule has 0 aromatic heterocycles. The molecule has 7 heteroatoms. The van der Waals surface area contributed by atoms with Crippen molar-refractivity contribution in [2.24, 2.45) is 0 Å². The van der Waals surface area contributed by atoms with E-state index in [9.17, 15) is 18.0 Å². The predicted molar refractivity (Wildman–Crippen MR) is 51.9 cm³/mol. The van der Waals surface area contributed by atoms with Crippen LogP contribution in [0.1, 0.15) is 15.9 Å². The smallest absolute Gasteiger partial charge is 0.402 e. The summed E-state index contributed by atoms with van der Waals surface area (Å²) < 4.78 is 36.9. The summed E-state index contributed by atoms with van der Waals surface area (Å²) in [7, 11) is 1.32. The lowest BCUT2D eigenvalue weighted by atomic mass is 10.1. The third-order valence-electron chi connectivity index (χ3n) is 1.85. The van der Waals surface area contributed by atoms with Crippen molar-refractivity contribution >= 4 is 19.6 Å². The third kappa shape index (κ3) is 2.42. The van der Waals surface area contributed by atoms with Gasteiger partial charge in [0.25, 0.3) is 0 Å². The maximum absolute atomic E-state index is 12.3. The zero-order chi connectivity index (χ0) is 11.6. The van der Waals surface area contributed by atoms with Crippen LogP contribution in [0.25, 0.3) is 0 Å². The van der Waals surface area contributed by atoms with Crippen LogP contribution in [0.2, 0.25) is 0 Å². The quantitative estimate of drug-likeness (QED) is 0.532. The molecule has 3 nitrogen and oxygen atoms in total. The zero-order valence-electron chi connectivity index (χ0n) is 7.85. The molecule has 0 aliphatic carbocycles. The standard InChI is InChI=1S/C8H8BF3N2O/c9-14-7(15)5-3-4(8(10,11)12)1-2-6(5)13/h1-3H,9,13H2,(H,14,15). The Morgan fingerprint density at radius 1 is 1.40 bits per heavy atom. The highest BCUT2D eigenvalue weighted by atomic mass is 19.4. The molecule has 0 radical (unpaired) electrons. The van der Waals surface area contributed by atoms with Gasteiger partial charge in [0.05, 0.1) is 11.1 Å². The molecule has 80 valence electrons. The molecule has 3 N–H and O–H groups in total. The zero-order valence-corrected chi connectivity index (χ0v) is 7.85. The maximum atomic E-state index is 12.3. The summed E-state index contributed by atoms with van der Waals surface area (Å²) >= 11 is 0. The second-order valence-corrected chi connectivity index (χ2v) is 2.88. The second-order valence-electron chi connectivity index (χ2n) is 2.88. The van der Waals surface area contributed by atoms with Gasteiger partial charge >= 0.3 is 6.18 Å². The summed E-state index contributed by atoms with van der Waals surface area (Å²) in [4.78, 5) is 11.2. The van der Waals surface area contributed by atoms with Crippen LogP contribution in [-0.2, 0) is 6.18 Å². The molecule has 0 spiro atoms. The van der Waals surface area contributed by atoms with Gasteiger partial charge in [-0.1, -0.05) is 0 Å². The van der Waals surface area contributed by atoms with E-state index >= 15 is 0 Å². The van der Waals surface area contributed by atoms with E-state index in [1.54, 1.807) is 0 Å². The molecule has 0 saturated heterocycles. The van der Waals surface area contributed by atoms with Gasteiger partial charge in [-0.15, -0.1) is 0 Å². The number of hydrogen-bond donors (Lipinski definition) is 2. The van der Waals surface area contributed by atoms with Crippen LogP contribution in [0, 0.1) is 0 Å². The number of hydrogen-bond acceptors (Lipinski definition) is 2. The molecule has 0 saturated carbocycles. The van der Waals surface area contributed by atoms with E-state index in [0.29, 0.717) is 0 Å². The van der Waals surface area contributed by atoms with Gasteiger partial charge in [0.2, 0.25) is 13.9 Å². The molecular formula is C8H8BF3N2O. The number of rotatable bonds is 1. The molecule has 0 fully saturated rings. The Labute approximate surface area is 84.9 Å². The van der Waals surface area contributed by atoms with Crippen LogP contribution in [-0.4, -0.2) is 13.9 Å². The van der Waals surface area contributed by atoms with Crippen LogP contribution < -0.4 is 11.0 Å². The Morgan fingerprint density at radius 2 is 2.00 bits per heavy atom. The molecule has 15 heavy (non-hydrogen) atoms. The topological polar surface area (TPSA) is 55.1 Å². The summed E-state index contributed by atoms with van der Waals surface area (Å²) in [5.74, 6) is -0.640. The molecule has 0 aliphatic heterocycles. The molecule has 0 heterocycles. The van der Waals surface area contributed by atoms with E-state index in [1.807, 2.05) is 0 Å². The average Bonchev–Trinajstić information content (AvgIpc) is 2.15. The minimum absolute atomic E-state index is 0.0161. The molecule has 0 bridgehead atoms. The minimum Gasteiger partial charge on any atom is -0.402 e. The highest BCUT2D eigenvalue weighted by molar-refractivity contribution is 6.19. The van der Waals surface area contributed by atoms with Crippen molar-refractivity contribution in [2.75, 3.05) is 5.73 Å². The molecule has 1 amide bonds. The summed E-state index contributed by atoms with van der Waals surface area (Å²) in [6, 6.07) is 2.63. The first-order valence-electron chi connectivity index (χ1n) is 4.05. The number of amides is 1. The Bertz CT molecular complexity index is 392. The van der Waals surface area contributed by atoms with Crippen LogP contribution in [0.15, 0.2) is 18.2 Å². The maximum Gasteiger partial charge on any atom is 0.416 e. The van der Waals surface area contributed by atoms with Crippen molar-refractivity contribution < 1.29 is 18.0 Å². The summed E-state index contributed by atoms with van der Waals surface area (Å²) in [5.41, 5.74) is 4.33. The summed E-state index contributed by atoms with van der Waals surface area (Å²) in [5, 5.41) is 2.21. The molecular weight excluding hydrogens is 208 g/mol. The van der Waals surface area contributed by atoms with Gasteiger partial charge in [0.1, 0.15) is 0 Å². The van der Waals surface area contributed by atoms with E-state index < -0.39 is 17.6 Å². The fourth-order valence-corrected chi connectivity index (χ4v) is 1.06. The second kappa shape index (κ2) is 3.84. The van der Waals surface area contributed by atoms with Gasteiger partial charge in [0, 0.05) is 5.69 Å². The first-order valence-corrected chi connectivity index (χ1v) is 4.05. The Kier molecular flexibility index (Phi) is 2.92. The number of nitrogens with one attached hydrogen (secondary N) is 1. The fraction of sp³-hybridized carbons (Fsp3) is 0.125. The number of nitrogens with two attached hydrogens (primary N) is 1. The van der Waals surface area contributed by atoms with Crippen molar-refractivity contribution in [3.05, 3.63) is 29.3 Å². The van der Waals surface area contributed by atoms with Crippen LogP contribution in [0.4, 0.5) is 18.9 Å². The number of alkyl halides is 3. The Morgan fingerprint density at radius 3 is 2.47 bits per heavy atom. The number of carbonyl (C=O) groups is 1. The molecule has 1 aromatic carbocycles. The van der Waals surface area contributed by atoms with Crippen molar-refractivity contribution in [3.8, 4) is 0 Å². The van der Waals surface area contributed by atoms with Crippen LogP contribution >= 0.6 is 0 Å². The largest absolute Gasteiger partial charge is 0.416 e. The van der Waals surface area contributed by atoms with Gasteiger partial charge in [-0.3, -0.25) is 4.79 Å².